The lowest BCUT2D eigenvalue weighted by Crippen LogP contribution is -2.50. The maximum absolute atomic E-state index is 11.4. The van der Waals surface area contributed by atoms with Gasteiger partial charge in [0.15, 0.2) is 0 Å². The Balaban J connectivity index is 2.75. The maximum Gasteiger partial charge on any atom is 0.329 e. The largest absolute Gasteiger partial charge is 0.329 e. The van der Waals surface area contributed by atoms with Gasteiger partial charge in [0, 0.05) is 0 Å². The van der Waals surface area contributed by atoms with Crippen molar-refractivity contribution in [3.8, 4) is 0 Å². The molecule has 0 spiro atoms. The molecule has 0 bridgehead atoms. The van der Waals surface area contributed by atoms with E-state index in [9.17, 15) is 9.79 Å². The van der Waals surface area contributed by atoms with Crippen LogP contribution < -0.4 is 0 Å². The summed E-state index contributed by atoms with van der Waals surface area (Å²) in [6, 6.07) is 15.0. The smallest absolute Gasteiger partial charge is 0.328 e. The van der Waals surface area contributed by atoms with Gasteiger partial charge in [0.25, 0.3) is 0 Å². The van der Waals surface area contributed by atoms with Crippen LogP contribution in [0.1, 0.15) is 392 Å². The fraction of sp³-hybridized carbons (Fsp3) is 0.846. The SMILES string of the molecule is CCCCCCCCCCCCCOP(O)OCCCC(CCCCCCCCC)(c1cc(C)ccc1C(C)(C)C)C(CCC)C(CCCCCCCCC)(CCCOP(O)OCCCCCCCCCCCCC)c1cc(C)ccc1C(C)(C)C. The summed E-state index contributed by atoms with van der Waals surface area (Å²) >= 11 is 0. The van der Waals surface area contributed by atoms with E-state index in [1.807, 2.05) is 0 Å². The molecule has 8 heteroatoms. The summed E-state index contributed by atoms with van der Waals surface area (Å²) in [6.07, 6.45) is 54.2. The Morgan fingerprint density at radius 1 is 0.314 bits per heavy atom. The third-order valence-electron chi connectivity index (χ3n) is 19.2. The fourth-order valence-corrected chi connectivity index (χ4v) is 15.7. The van der Waals surface area contributed by atoms with Crippen LogP contribution in [0.2, 0.25) is 0 Å². The average molecular weight is 1240 g/mol. The van der Waals surface area contributed by atoms with E-state index in [0.29, 0.717) is 26.4 Å². The van der Waals surface area contributed by atoms with Crippen molar-refractivity contribution in [3.63, 3.8) is 0 Å². The van der Waals surface area contributed by atoms with E-state index in [-0.39, 0.29) is 27.6 Å². The summed E-state index contributed by atoms with van der Waals surface area (Å²) in [4.78, 5) is 22.8. The zero-order valence-electron chi connectivity index (χ0n) is 59.4. The molecule has 2 aromatic carbocycles. The van der Waals surface area contributed by atoms with Crippen molar-refractivity contribution in [3.05, 3.63) is 69.8 Å². The number of aryl methyl sites for hydroxylation is 2. The van der Waals surface area contributed by atoms with Crippen LogP contribution in [0.15, 0.2) is 36.4 Å². The Labute approximate surface area is 538 Å². The molecule has 2 aromatic rings. The van der Waals surface area contributed by atoms with Gasteiger partial charge in [0.2, 0.25) is 0 Å². The first kappa shape index (κ1) is 81.2. The molecule has 0 aliphatic carbocycles. The van der Waals surface area contributed by atoms with Gasteiger partial charge in [-0.3, -0.25) is 0 Å². The van der Waals surface area contributed by atoms with Crippen LogP contribution >= 0.6 is 17.2 Å². The lowest BCUT2D eigenvalue weighted by molar-refractivity contribution is 0.0770. The van der Waals surface area contributed by atoms with E-state index in [2.05, 4.69) is 126 Å². The number of unbranched alkanes of at least 4 members (excludes halogenated alkanes) is 32. The molecule has 0 saturated heterocycles. The molecule has 0 fully saturated rings. The zero-order chi connectivity index (χ0) is 63.2. The molecule has 502 valence electrons. The third kappa shape index (κ3) is 34.1. The van der Waals surface area contributed by atoms with Gasteiger partial charge >= 0.3 is 17.2 Å². The Hall–Kier alpha value is -0.940. The van der Waals surface area contributed by atoms with Gasteiger partial charge in [0.05, 0.1) is 26.4 Å². The van der Waals surface area contributed by atoms with Crippen molar-refractivity contribution in [1.29, 1.82) is 0 Å². The molecule has 4 atom stereocenters. The van der Waals surface area contributed by atoms with Crippen molar-refractivity contribution >= 4 is 17.2 Å². The van der Waals surface area contributed by atoms with Crippen LogP contribution in [-0.2, 0) is 39.8 Å². The summed E-state index contributed by atoms with van der Waals surface area (Å²) < 4.78 is 25.0. The van der Waals surface area contributed by atoms with E-state index in [1.54, 1.807) is 11.1 Å². The molecule has 4 unspecified atom stereocenters. The molecule has 0 radical (unpaired) electrons. The molecular weight excluding hydrogens is 1090 g/mol. The topological polar surface area (TPSA) is 77.4 Å². The van der Waals surface area contributed by atoms with E-state index in [1.165, 1.54) is 228 Å². The highest BCUT2D eigenvalue weighted by molar-refractivity contribution is 7.40. The van der Waals surface area contributed by atoms with Crippen LogP contribution in [-0.4, -0.2) is 36.2 Å². The van der Waals surface area contributed by atoms with Gasteiger partial charge < -0.3 is 27.9 Å². The highest BCUT2D eigenvalue weighted by atomic mass is 31.2. The van der Waals surface area contributed by atoms with Crippen molar-refractivity contribution in [2.75, 3.05) is 26.4 Å². The lowest BCUT2D eigenvalue weighted by Gasteiger charge is -2.55. The lowest BCUT2D eigenvalue weighted by atomic mass is 9.48. The first-order chi connectivity index (χ1) is 41.5. The minimum absolute atomic E-state index is 0.0794. The van der Waals surface area contributed by atoms with E-state index in [4.69, 9.17) is 18.1 Å². The Kier molecular flexibility index (Phi) is 46.9. The summed E-state index contributed by atoms with van der Waals surface area (Å²) in [6.45, 7) is 33.1. The first-order valence-corrected chi connectivity index (χ1v) is 39.5. The van der Waals surface area contributed by atoms with Crippen molar-refractivity contribution in [1.82, 2.24) is 0 Å². The molecule has 0 heterocycles. The summed E-state index contributed by atoms with van der Waals surface area (Å²) in [5.41, 5.74) is 8.13. The van der Waals surface area contributed by atoms with Gasteiger partial charge in [0.1, 0.15) is 0 Å². The van der Waals surface area contributed by atoms with E-state index in [0.717, 1.165) is 77.0 Å². The number of hydrogen-bond acceptors (Lipinski definition) is 6. The van der Waals surface area contributed by atoms with Gasteiger partial charge in [-0.15, -0.1) is 0 Å². The quantitative estimate of drug-likeness (QED) is 0.0508. The summed E-state index contributed by atoms with van der Waals surface area (Å²) in [7, 11) is -3.92. The van der Waals surface area contributed by atoms with Crippen LogP contribution in [0.4, 0.5) is 0 Å². The van der Waals surface area contributed by atoms with Gasteiger partial charge in [-0.05, 0) is 121 Å². The molecule has 0 aliphatic heterocycles. The van der Waals surface area contributed by atoms with Gasteiger partial charge in [-0.1, -0.05) is 348 Å². The van der Waals surface area contributed by atoms with Crippen LogP contribution in [0, 0.1) is 19.8 Å². The maximum atomic E-state index is 11.4. The predicted molar refractivity (Wildman–Crippen MR) is 380 cm³/mol. The second-order valence-electron chi connectivity index (χ2n) is 29.1. The van der Waals surface area contributed by atoms with E-state index < -0.39 is 17.2 Å². The highest BCUT2D eigenvalue weighted by Crippen LogP contribution is 2.59. The molecule has 2 rings (SSSR count). The van der Waals surface area contributed by atoms with Crippen molar-refractivity contribution in [2.45, 2.75) is 394 Å². The fourth-order valence-electron chi connectivity index (χ4n) is 14.4. The molecular formula is C78H144O6P2. The third-order valence-corrected chi connectivity index (χ3v) is 20.9. The minimum Gasteiger partial charge on any atom is -0.328 e. The molecule has 86 heavy (non-hydrogen) atoms. The Morgan fingerprint density at radius 3 is 0.826 bits per heavy atom. The second kappa shape index (κ2) is 49.7. The van der Waals surface area contributed by atoms with E-state index >= 15 is 0 Å². The average Bonchev–Trinajstić information content (AvgIpc) is 0.882. The highest BCUT2D eigenvalue weighted by Gasteiger charge is 2.53. The second-order valence-corrected chi connectivity index (χ2v) is 31.1. The number of benzene rings is 2. The Bertz CT molecular complexity index is 1760. The zero-order valence-corrected chi connectivity index (χ0v) is 61.2. The molecule has 2 N–H and O–H groups in total. The van der Waals surface area contributed by atoms with Crippen molar-refractivity contribution in [2.24, 2.45) is 5.92 Å². The summed E-state index contributed by atoms with van der Waals surface area (Å²) in [5, 5.41) is 0. The molecule has 0 saturated carbocycles. The van der Waals surface area contributed by atoms with Crippen LogP contribution in [0.3, 0.4) is 0 Å². The predicted octanol–water partition coefficient (Wildman–Crippen LogP) is 26.5. The van der Waals surface area contributed by atoms with Crippen LogP contribution in [0.5, 0.6) is 0 Å². The molecule has 0 amide bonds. The molecule has 6 nitrogen and oxygen atoms in total. The van der Waals surface area contributed by atoms with Gasteiger partial charge in [-0.25, -0.2) is 0 Å². The number of rotatable bonds is 58. The molecule has 0 aliphatic rings. The minimum atomic E-state index is -1.96. The number of hydrogen-bond donors (Lipinski definition) is 2. The van der Waals surface area contributed by atoms with Crippen molar-refractivity contribution < 1.29 is 27.9 Å². The van der Waals surface area contributed by atoms with Gasteiger partial charge in [-0.2, -0.15) is 0 Å². The molecule has 0 aromatic heterocycles. The monoisotopic (exact) mass is 1240 g/mol. The van der Waals surface area contributed by atoms with Crippen LogP contribution in [0.25, 0.3) is 0 Å². The first-order valence-electron chi connectivity index (χ1n) is 37.2. The Morgan fingerprint density at radius 2 is 0.558 bits per heavy atom. The normalized spacial score (nSPS) is 14.8. The summed E-state index contributed by atoms with van der Waals surface area (Å²) in [5.74, 6) is 0.284. The standard InChI is InChI=1S/C78H144O6P2/c1-14-19-23-27-31-33-35-37-41-45-49-62-81-85(79)83-64-51-60-77(58-47-43-39-29-25-21-16-3,72-66-68(6)54-56-70(72)75(8,9)10)74(53-18-5)78(59-48-44-40-30-26-22-17-4,73-67-69(7)55-57-71(73)76(11,12)13)61-52-65-84-86(80)82-63-50-46-42-38-36-34-32-28-24-20-15-2/h54-57,66-67,74,79-80H,14-53,58-65H2,1-13H3.